The van der Waals surface area contributed by atoms with Crippen molar-refractivity contribution in [2.45, 2.75) is 38.0 Å². The molecule has 168 valence electrons. The number of nitrogens with zero attached hydrogens (tertiary/aromatic N) is 3. The van der Waals surface area contributed by atoms with Crippen LogP contribution in [-0.4, -0.2) is 59.3 Å². The SMILES string of the molecule is C1CC1.N#Cc1cc(-c2ccnc(NC=O)c2)ccc1OC1CCN(C(=O)CO)CC1F. The summed E-state index contributed by atoms with van der Waals surface area (Å²) >= 11 is 0. The average Bonchev–Trinajstić information content (AvgIpc) is 3.70. The monoisotopic (exact) mass is 440 g/mol. The van der Waals surface area contributed by atoms with Gasteiger partial charge in [-0.25, -0.2) is 9.37 Å². The minimum absolute atomic E-state index is 0.159. The smallest absolute Gasteiger partial charge is 0.248 e. The van der Waals surface area contributed by atoms with Crippen LogP contribution in [0.3, 0.4) is 0 Å². The number of carbonyl (C=O) groups is 2. The number of aliphatic hydroxyl groups is 1. The lowest BCUT2D eigenvalue weighted by Crippen LogP contribution is -2.50. The second-order valence-corrected chi connectivity index (χ2v) is 7.53. The normalized spacial score (nSPS) is 19.1. The fourth-order valence-electron chi connectivity index (χ4n) is 3.15. The van der Waals surface area contributed by atoms with Gasteiger partial charge in [0.1, 0.15) is 30.3 Å². The first-order chi connectivity index (χ1) is 15.5. The third kappa shape index (κ3) is 6.25. The van der Waals surface area contributed by atoms with E-state index in [4.69, 9.17) is 9.84 Å². The van der Waals surface area contributed by atoms with E-state index in [1.54, 1.807) is 30.3 Å². The van der Waals surface area contributed by atoms with Gasteiger partial charge in [0.15, 0.2) is 6.17 Å². The predicted octanol–water partition coefficient (Wildman–Crippen LogP) is 2.67. The van der Waals surface area contributed by atoms with Crippen molar-refractivity contribution in [1.82, 2.24) is 9.88 Å². The van der Waals surface area contributed by atoms with Crippen LogP contribution in [0.25, 0.3) is 11.1 Å². The number of amides is 2. The Kier molecular flexibility index (Phi) is 8.11. The minimum Gasteiger partial charge on any atom is -0.486 e. The Morgan fingerprint density at radius 1 is 1.31 bits per heavy atom. The molecule has 1 saturated heterocycles. The zero-order valence-electron chi connectivity index (χ0n) is 17.5. The van der Waals surface area contributed by atoms with Crippen molar-refractivity contribution in [3.63, 3.8) is 0 Å². The summed E-state index contributed by atoms with van der Waals surface area (Å²) < 4.78 is 20.2. The van der Waals surface area contributed by atoms with Gasteiger partial charge < -0.3 is 20.1 Å². The standard InChI is InChI=1S/C20H19FN4O4.C3H6/c21-16-10-25(20(28)11-26)6-4-18(16)29-17-2-1-13(7-15(17)9-22)14-3-5-23-19(8-14)24-12-27;1-2-3-1/h1-3,5,7-8,12,16,18,26H,4,6,10-11H2,(H,23,24,27);1-3H2. The van der Waals surface area contributed by atoms with Gasteiger partial charge in [-0.15, -0.1) is 0 Å². The first kappa shape index (κ1) is 23.2. The van der Waals surface area contributed by atoms with E-state index >= 15 is 0 Å². The number of rotatable bonds is 6. The predicted molar refractivity (Wildman–Crippen MR) is 116 cm³/mol. The van der Waals surface area contributed by atoms with Gasteiger partial charge >= 0.3 is 0 Å². The maximum atomic E-state index is 14.5. The quantitative estimate of drug-likeness (QED) is 0.668. The molecule has 0 spiro atoms. The molecule has 2 heterocycles. The van der Waals surface area contributed by atoms with Crippen LogP contribution in [0.2, 0.25) is 0 Å². The third-order valence-corrected chi connectivity index (χ3v) is 5.00. The Labute approximate surface area is 185 Å². The number of ether oxygens (including phenoxy) is 1. The van der Waals surface area contributed by atoms with Gasteiger partial charge in [-0.1, -0.05) is 25.3 Å². The molecule has 2 aliphatic rings. The zero-order chi connectivity index (χ0) is 22.9. The van der Waals surface area contributed by atoms with E-state index in [1.165, 1.54) is 30.4 Å². The topological polar surface area (TPSA) is 116 Å². The van der Waals surface area contributed by atoms with Crippen LogP contribution in [0.4, 0.5) is 10.2 Å². The number of benzene rings is 1. The van der Waals surface area contributed by atoms with Crippen molar-refractivity contribution < 1.29 is 23.8 Å². The number of alkyl halides is 1. The Hall–Kier alpha value is -3.51. The molecular formula is C23H25FN4O4. The number of hydrogen-bond acceptors (Lipinski definition) is 6. The second-order valence-electron chi connectivity index (χ2n) is 7.53. The summed E-state index contributed by atoms with van der Waals surface area (Å²) in [7, 11) is 0. The molecule has 2 atom stereocenters. The van der Waals surface area contributed by atoms with Crippen molar-refractivity contribution in [1.29, 1.82) is 5.26 Å². The highest BCUT2D eigenvalue weighted by Crippen LogP contribution is 2.29. The fourth-order valence-corrected chi connectivity index (χ4v) is 3.15. The Morgan fingerprint density at radius 2 is 2.06 bits per heavy atom. The molecular weight excluding hydrogens is 415 g/mol. The summed E-state index contributed by atoms with van der Waals surface area (Å²) in [6.45, 7) is -0.543. The van der Waals surface area contributed by atoms with Crippen LogP contribution in [0, 0.1) is 11.3 Å². The number of anilines is 1. The molecule has 2 unspecified atom stereocenters. The first-order valence-electron chi connectivity index (χ1n) is 10.5. The van der Waals surface area contributed by atoms with Gasteiger partial charge in [0.05, 0.1) is 12.1 Å². The molecule has 9 heteroatoms. The number of pyridine rings is 1. The van der Waals surface area contributed by atoms with Crippen LogP contribution in [-0.2, 0) is 9.59 Å². The van der Waals surface area contributed by atoms with Gasteiger partial charge in [0, 0.05) is 19.2 Å². The molecule has 8 nitrogen and oxygen atoms in total. The lowest BCUT2D eigenvalue weighted by molar-refractivity contribution is -0.138. The van der Waals surface area contributed by atoms with Crippen LogP contribution >= 0.6 is 0 Å². The molecule has 2 amide bonds. The molecule has 2 aromatic rings. The van der Waals surface area contributed by atoms with Crippen molar-refractivity contribution in [3.05, 3.63) is 42.1 Å². The van der Waals surface area contributed by atoms with Gasteiger partial charge in [0.2, 0.25) is 12.3 Å². The number of piperidine rings is 1. The summed E-state index contributed by atoms with van der Waals surface area (Å²) in [5.74, 6) is 0.112. The molecule has 1 aliphatic heterocycles. The van der Waals surface area contributed by atoms with Crippen LogP contribution in [0.15, 0.2) is 36.5 Å². The number of nitrogens with one attached hydrogen (secondary N) is 1. The summed E-state index contributed by atoms with van der Waals surface area (Å²) in [5.41, 5.74) is 1.70. The molecule has 0 bridgehead atoms. The summed E-state index contributed by atoms with van der Waals surface area (Å²) in [5, 5.41) is 20.9. The molecule has 1 aromatic heterocycles. The molecule has 1 aliphatic carbocycles. The van der Waals surface area contributed by atoms with E-state index in [1.807, 2.05) is 0 Å². The third-order valence-electron chi connectivity index (χ3n) is 5.00. The van der Waals surface area contributed by atoms with Gasteiger partial charge in [-0.3, -0.25) is 9.59 Å². The number of hydrogen-bond donors (Lipinski definition) is 2. The van der Waals surface area contributed by atoms with E-state index in [-0.39, 0.29) is 30.8 Å². The lowest BCUT2D eigenvalue weighted by atomic mass is 10.0. The average molecular weight is 440 g/mol. The van der Waals surface area contributed by atoms with Crippen molar-refractivity contribution in [3.8, 4) is 22.9 Å². The summed E-state index contributed by atoms with van der Waals surface area (Å²) in [4.78, 5) is 27.4. The number of halogens is 1. The largest absolute Gasteiger partial charge is 0.486 e. The number of aromatic nitrogens is 1. The van der Waals surface area contributed by atoms with Crippen molar-refractivity contribution in [2.24, 2.45) is 0 Å². The second kappa shape index (κ2) is 11.2. The van der Waals surface area contributed by atoms with Crippen LogP contribution in [0.1, 0.15) is 31.2 Å². The maximum absolute atomic E-state index is 14.5. The zero-order valence-corrected chi connectivity index (χ0v) is 17.5. The highest BCUT2D eigenvalue weighted by molar-refractivity contribution is 5.77. The van der Waals surface area contributed by atoms with Crippen LogP contribution in [0.5, 0.6) is 5.75 Å². The Morgan fingerprint density at radius 3 is 2.69 bits per heavy atom. The Balaban J connectivity index is 0.000000887. The Bertz CT molecular complexity index is 989. The molecule has 1 saturated carbocycles. The van der Waals surface area contributed by atoms with Crippen molar-refractivity contribution in [2.75, 3.05) is 25.0 Å². The maximum Gasteiger partial charge on any atom is 0.248 e. The molecule has 2 fully saturated rings. The van der Waals surface area contributed by atoms with E-state index in [0.717, 1.165) is 5.56 Å². The molecule has 2 N–H and O–H groups in total. The van der Waals surface area contributed by atoms with E-state index < -0.39 is 24.8 Å². The summed E-state index contributed by atoms with van der Waals surface area (Å²) in [6, 6.07) is 10.4. The molecule has 1 aromatic carbocycles. The van der Waals surface area contributed by atoms with Gasteiger partial charge in [0.25, 0.3) is 0 Å². The molecule has 32 heavy (non-hydrogen) atoms. The van der Waals surface area contributed by atoms with E-state index in [0.29, 0.717) is 17.8 Å². The number of nitriles is 1. The number of carbonyl (C=O) groups excluding carboxylic acids is 2. The fraction of sp³-hybridized carbons (Fsp3) is 0.391. The van der Waals surface area contributed by atoms with Gasteiger partial charge in [-0.05, 0) is 35.4 Å². The highest BCUT2D eigenvalue weighted by Gasteiger charge is 2.33. The van der Waals surface area contributed by atoms with Gasteiger partial charge in [-0.2, -0.15) is 5.26 Å². The minimum atomic E-state index is -1.43. The number of likely N-dealkylation sites (tertiary alicyclic amines) is 1. The van der Waals surface area contributed by atoms with E-state index in [9.17, 15) is 19.2 Å². The van der Waals surface area contributed by atoms with E-state index in [2.05, 4.69) is 16.4 Å². The summed E-state index contributed by atoms with van der Waals surface area (Å²) in [6.07, 6.45) is 4.59. The highest BCUT2D eigenvalue weighted by atomic mass is 19.1. The van der Waals surface area contributed by atoms with Crippen molar-refractivity contribution >= 4 is 18.1 Å². The molecule has 0 radical (unpaired) electrons. The number of aliphatic hydroxyl groups excluding tert-OH is 1. The lowest BCUT2D eigenvalue weighted by Gasteiger charge is -2.34. The van der Waals surface area contributed by atoms with Crippen LogP contribution < -0.4 is 10.1 Å². The molecule has 4 rings (SSSR count). The first-order valence-corrected chi connectivity index (χ1v) is 10.5.